The fourth-order valence-electron chi connectivity index (χ4n) is 7.61. The second-order valence-corrected chi connectivity index (χ2v) is 11.2. The lowest BCUT2D eigenvalue weighted by Gasteiger charge is -2.63. The molecule has 0 aromatic heterocycles. The Labute approximate surface area is 206 Å². The summed E-state index contributed by atoms with van der Waals surface area (Å²) in [5.41, 5.74) is 2.88. The number of hydrogen-bond donors (Lipinski definition) is 3. The number of ether oxygens (including phenoxy) is 1. The number of piperidine rings is 1. The van der Waals surface area contributed by atoms with Crippen molar-refractivity contribution in [1.82, 2.24) is 9.80 Å². The normalized spacial score (nSPS) is 32.6. The maximum Gasteiger partial charge on any atom is 0.166 e. The highest BCUT2D eigenvalue weighted by Crippen LogP contribution is 2.65. The second-order valence-electron chi connectivity index (χ2n) is 11.2. The van der Waals surface area contributed by atoms with Crippen LogP contribution in [0.1, 0.15) is 42.4 Å². The molecule has 6 heteroatoms. The number of phenols is 1. The summed E-state index contributed by atoms with van der Waals surface area (Å²) in [4.78, 5) is 4.75. The third-order valence-electron chi connectivity index (χ3n) is 9.36. The molecule has 2 fully saturated rings. The van der Waals surface area contributed by atoms with Crippen LogP contribution in [0.25, 0.3) is 0 Å². The summed E-state index contributed by atoms with van der Waals surface area (Å²) < 4.78 is 6.66. The number of likely N-dealkylation sites (tertiary alicyclic amines) is 1. The average molecular weight is 475 g/mol. The van der Waals surface area contributed by atoms with E-state index in [0.29, 0.717) is 25.3 Å². The van der Waals surface area contributed by atoms with Crippen LogP contribution >= 0.6 is 0 Å². The van der Waals surface area contributed by atoms with Crippen molar-refractivity contribution < 1.29 is 20.1 Å². The number of aliphatic hydroxyl groups excluding tert-OH is 1. The Morgan fingerprint density at radius 3 is 2.71 bits per heavy atom. The van der Waals surface area contributed by atoms with Crippen molar-refractivity contribution in [2.24, 2.45) is 5.92 Å². The summed E-state index contributed by atoms with van der Waals surface area (Å²) in [7, 11) is 0. The van der Waals surface area contributed by atoms with E-state index in [1.54, 1.807) is 6.07 Å². The van der Waals surface area contributed by atoms with Crippen molar-refractivity contribution in [3.05, 3.63) is 70.9 Å². The molecule has 1 saturated carbocycles. The number of hydrogen-bond acceptors (Lipinski definition) is 6. The van der Waals surface area contributed by atoms with Crippen molar-refractivity contribution in [3.8, 4) is 11.5 Å². The Morgan fingerprint density at radius 1 is 1.11 bits per heavy atom. The van der Waals surface area contributed by atoms with Gasteiger partial charge < -0.3 is 25.0 Å². The van der Waals surface area contributed by atoms with E-state index < -0.39 is 11.0 Å². The van der Waals surface area contributed by atoms with E-state index in [1.807, 2.05) is 24.3 Å². The quantitative estimate of drug-likeness (QED) is 0.573. The SMILES string of the molecule is OCCN(Cc1ccccc1)C1=CC[C@]2(O)C3Cc4ccc(O)c5c4[C@]2(CCN3CC2CC2)[C@@H]1O5. The topological polar surface area (TPSA) is 76.4 Å². The van der Waals surface area contributed by atoms with E-state index in [2.05, 4.69) is 28.0 Å². The maximum atomic E-state index is 12.6. The summed E-state index contributed by atoms with van der Waals surface area (Å²) in [5.74, 6) is 1.47. The van der Waals surface area contributed by atoms with Crippen LogP contribution in [0, 0.1) is 5.92 Å². The van der Waals surface area contributed by atoms with E-state index in [-0.39, 0.29) is 24.5 Å². The first-order chi connectivity index (χ1) is 17.0. The molecule has 6 nitrogen and oxygen atoms in total. The zero-order valence-corrected chi connectivity index (χ0v) is 20.1. The molecule has 2 aromatic carbocycles. The van der Waals surface area contributed by atoms with Crippen LogP contribution in [-0.4, -0.2) is 69.1 Å². The summed E-state index contributed by atoms with van der Waals surface area (Å²) >= 11 is 0. The van der Waals surface area contributed by atoms with Crippen LogP contribution in [0.5, 0.6) is 11.5 Å². The molecule has 2 bridgehead atoms. The Bertz CT molecular complexity index is 1180. The highest BCUT2D eigenvalue weighted by atomic mass is 16.5. The third-order valence-corrected chi connectivity index (χ3v) is 9.36. The van der Waals surface area contributed by atoms with Gasteiger partial charge in [0.25, 0.3) is 0 Å². The fraction of sp³-hybridized carbons (Fsp3) is 0.517. The third kappa shape index (κ3) is 3.00. The maximum absolute atomic E-state index is 12.6. The Kier molecular flexibility index (Phi) is 4.80. The molecular weight excluding hydrogens is 440 g/mol. The van der Waals surface area contributed by atoms with Gasteiger partial charge in [0.05, 0.1) is 23.3 Å². The minimum Gasteiger partial charge on any atom is -0.504 e. The van der Waals surface area contributed by atoms with E-state index in [9.17, 15) is 15.3 Å². The summed E-state index contributed by atoms with van der Waals surface area (Å²) in [6.07, 6.45) is 6.51. The summed E-state index contributed by atoms with van der Waals surface area (Å²) in [5, 5.41) is 33.4. The van der Waals surface area contributed by atoms with Gasteiger partial charge in [-0.15, -0.1) is 0 Å². The van der Waals surface area contributed by atoms with Gasteiger partial charge >= 0.3 is 0 Å². The minimum absolute atomic E-state index is 0.0371. The molecule has 2 heterocycles. The van der Waals surface area contributed by atoms with Crippen LogP contribution in [0.2, 0.25) is 0 Å². The highest BCUT2D eigenvalue weighted by Gasteiger charge is 2.72. The Hall–Kier alpha value is -2.54. The summed E-state index contributed by atoms with van der Waals surface area (Å²) in [6.45, 7) is 3.19. The smallest absolute Gasteiger partial charge is 0.166 e. The van der Waals surface area contributed by atoms with Crippen LogP contribution in [-0.2, 0) is 18.4 Å². The van der Waals surface area contributed by atoms with Gasteiger partial charge in [-0.3, -0.25) is 4.90 Å². The number of rotatable bonds is 7. The van der Waals surface area contributed by atoms with Gasteiger partial charge in [0, 0.05) is 31.2 Å². The zero-order valence-electron chi connectivity index (χ0n) is 20.1. The van der Waals surface area contributed by atoms with Crippen LogP contribution in [0.4, 0.5) is 0 Å². The highest BCUT2D eigenvalue weighted by molar-refractivity contribution is 5.64. The lowest BCUT2D eigenvalue weighted by molar-refractivity contribution is -0.167. The molecule has 1 unspecified atom stereocenters. The predicted octanol–water partition coefficient (Wildman–Crippen LogP) is 2.94. The number of aliphatic hydroxyl groups is 2. The first-order valence-corrected chi connectivity index (χ1v) is 13.1. The van der Waals surface area contributed by atoms with Gasteiger partial charge in [-0.05, 0) is 61.8 Å². The van der Waals surface area contributed by atoms with Crippen molar-refractivity contribution in [1.29, 1.82) is 0 Å². The van der Waals surface area contributed by atoms with Gasteiger partial charge in [0.1, 0.15) is 0 Å². The number of phenolic OH excluding ortho intramolecular Hbond substituents is 1. The molecule has 2 aromatic rings. The molecule has 0 radical (unpaired) electrons. The summed E-state index contributed by atoms with van der Waals surface area (Å²) in [6, 6.07) is 14.1. The van der Waals surface area contributed by atoms with Crippen molar-refractivity contribution >= 4 is 0 Å². The van der Waals surface area contributed by atoms with Gasteiger partial charge in [-0.1, -0.05) is 42.5 Å². The van der Waals surface area contributed by atoms with Crippen LogP contribution < -0.4 is 4.74 Å². The molecule has 7 rings (SSSR count). The monoisotopic (exact) mass is 474 g/mol. The van der Waals surface area contributed by atoms with Crippen molar-refractivity contribution in [2.75, 3.05) is 26.2 Å². The number of aromatic hydroxyl groups is 1. The lowest BCUT2D eigenvalue weighted by Crippen LogP contribution is -2.75. The Balaban J connectivity index is 1.35. The zero-order chi connectivity index (χ0) is 23.8. The Morgan fingerprint density at radius 2 is 1.94 bits per heavy atom. The molecule has 0 amide bonds. The number of nitrogens with zero attached hydrogens (tertiary/aromatic N) is 2. The molecule has 4 atom stereocenters. The molecule has 3 aliphatic carbocycles. The molecular formula is C29H34N2O4. The van der Waals surface area contributed by atoms with Gasteiger partial charge in [0.2, 0.25) is 0 Å². The molecule has 184 valence electrons. The first-order valence-electron chi connectivity index (χ1n) is 13.1. The minimum atomic E-state index is -0.946. The molecule has 3 N–H and O–H groups in total. The first kappa shape index (κ1) is 21.7. The average Bonchev–Trinajstić information content (AvgIpc) is 3.60. The van der Waals surface area contributed by atoms with Crippen molar-refractivity contribution in [3.63, 3.8) is 0 Å². The van der Waals surface area contributed by atoms with E-state index in [4.69, 9.17) is 4.74 Å². The lowest BCUT2D eigenvalue weighted by atomic mass is 9.50. The van der Waals surface area contributed by atoms with Gasteiger partial charge in [-0.25, -0.2) is 0 Å². The standard InChI is InChI=1S/C29H34N2O4/c32-15-14-30(17-19-4-2-1-3-5-19)22-10-11-29(34)24-16-21-8-9-23(33)26-25(21)28(29,27(22)35-26)12-13-31(24)18-20-6-7-20/h1-5,8-10,20,24,27,32-34H,6-7,11-18H2/t24?,27-,28-,29+/m1/s1. The van der Waals surface area contributed by atoms with Crippen LogP contribution in [0.3, 0.4) is 0 Å². The molecule has 1 spiro atoms. The molecule has 1 saturated heterocycles. The molecule has 5 aliphatic rings. The van der Waals surface area contributed by atoms with Gasteiger partial charge in [-0.2, -0.15) is 0 Å². The van der Waals surface area contributed by atoms with E-state index >= 15 is 0 Å². The van der Waals surface area contributed by atoms with E-state index in [0.717, 1.165) is 43.1 Å². The van der Waals surface area contributed by atoms with Gasteiger partial charge in [0.15, 0.2) is 17.6 Å². The van der Waals surface area contributed by atoms with Crippen LogP contribution in [0.15, 0.2) is 54.2 Å². The molecule has 35 heavy (non-hydrogen) atoms. The second kappa shape index (κ2) is 7.73. The number of benzene rings is 2. The fourth-order valence-corrected chi connectivity index (χ4v) is 7.61. The predicted molar refractivity (Wildman–Crippen MR) is 132 cm³/mol. The van der Waals surface area contributed by atoms with Crippen molar-refractivity contribution in [2.45, 2.75) is 61.8 Å². The molecule has 2 aliphatic heterocycles. The largest absolute Gasteiger partial charge is 0.504 e. The van der Waals surface area contributed by atoms with E-state index in [1.165, 1.54) is 24.0 Å².